The fourth-order valence-electron chi connectivity index (χ4n) is 2.83. The van der Waals surface area contributed by atoms with E-state index in [1.807, 2.05) is 13.8 Å². The Morgan fingerprint density at radius 1 is 1.29 bits per heavy atom. The molecule has 0 aliphatic carbocycles. The van der Waals surface area contributed by atoms with Gasteiger partial charge in [0, 0.05) is 23.6 Å². The van der Waals surface area contributed by atoms with Crippen LogP contribution in [0, 0.1) is 17.0 Å². The number of rotatable bonds is 4. The first-order valence-corrected chi connectivity index (χ1v) is 9.14. The van der Waals surface area contributed by atoms with Crippen molar-refractivity contribution in [3.05, 3.63) is 28.2 Å². The molecule has 0 amide bonds. The molecule has 1 aromatic rings. The Hall–Kier alpha value is -0.530. The fourth-order valence-corrected chi connectivity index (χ4v) is 5.50. The summed E-state index contributed by atoms with van der Waals surface area (Å²) in [5.74, 6) is -1.87. The van der Waals surface area contributed by atoms with Gasteiger partial charge in [0.05, 0.1) is 0 Å². The summed E-state index contributed by atoms with van der Waals surface area (Å²) in [6, 6.07) is 1.57. The predicted molar refractivity (Wildman–Crippen MR) is 80.4 cm³/mol. The third-order valence-corrected chi connectivity index (χ3v) is 7.27. The highest BCUT2D eigenvalue weighted by atomic mass is 79.9. The summed E-state index contributed by atoms with van der Waals surface area (Å²) in [7, 11) is -3.96. The van der Waals surface area contributed by atoms with Crippen LogP contribution in [0.1, 0.15) is 33.1 Å². The molecule has 0 spiro atoms. The van der Waals surface area contributed by atoms with E-state index in [1.54, 1.807) is 0 Å². The molecule has 0 unspecified atom stereocenters. The second-order valence-electron chi connectivity index (χ2n) is 5.49. The first-order valence-electron chi connectivity index (χ1n) is 6.90. The van der Waals surface area contributed by atoms with Crippen LogP contribution in [0.25, 0.3) is 0 Å². The zero-order valence-electron chi connectivity index (χ0n) is 12.0. The molecule has 1 heterocycles. The quantitative estimate of drug-likeness (QED) is 0.792. The fraction of sp³-hybridized carbons (Fsp3) is 0.571. The monoisotopic (exact) mass is 381 g/mol. The van der Waals surface area contributed by atoms with E-state index >= 15 is 0 Å². The van der Waals surface area contributed by atoms with Crippen LogP contribution in [0.3, 0.4) is 0 Å². The molecule has 1 fully saturated rings. The van der Waals surface area contributed by atoms with E-state index in [9.17, 15) is 17.2 Å². The Kier molecular flexibility index (Phi) is 4.75. The van der Waals surface area contributed by atoms with E-state index < -0.39 is 26.6 Å². The molecule has 1 aliphatic heterocycles. The molecule has 0 N–H and O–H groups in total. The molecule has 1 aliphatic rings. The van der Waals surface area contributed by atoms with E-state index in [4.69, 9.17) is 0 Å². The van der Waals surface area contributed by atoms with E-state index in [1.165, 1.54) is 4.31 Å². The van der Waals surface area contributed by atoms with E-state index in [0.717, 1.165) is 25.3 Å². The molecule has 0 bridgehead atoms. The van der Waals surface area contributed by atoms with Crippen molar-refractivity contribution in [2.75, 3.05) is 13.1 Å². The van der Waals surface area contributed by atoms with Crippen molar-refractivity contribution in [3.63, 3.8) is 0 Å². The van der Waals surface area contributed by atoms with Crippen LogP contribution in [-0.4, -0.2) is 25.8 Å². The van der Waals surface area contributed by atoms with Gasteiger partial charge in [-0.2, -0.15) is 4.31 Å². The largest absolute Gasteiger partial charge is 0.247 e. The third-order valence-electron chi connectivity index (χ3n) is 4.46. The average molecular weight is 382 g/mol. The first-order chi connectivity index (χ1) is 9.75. The molecule has 0 atom stereocenters. The number of hydrogen-bond acceptors (Lipinski definition) is 2. The molecule has 1 aromatic carbocycles. The minimum absolute atomic E-state index is 0.0456. The van der Waals surface area contributed by atoms with Gasteiger partial charge in [-0.25, -0.2) is 17.2 Å². The predicted octanol–water partition coefficient (Wildman–Crippen LogP) is 3.93. The molecule has 1 saturated heterocycles. The van der Waals surface area contributed by atoms with Gasteiger partial charge in [-0.05, 0) is 46.7 Å². The van der Waals surface area contributed by atoms with E-state index in [2.05, 4.69) is 15.9 Å². The molecule has 0 radical (unpaired) electrons. The lowest BCUT2D eigenvalue weighted by Gasteiger charge is -2.26. The molecule has 0 saturated carbocycles. The second-order valence-corrected chi connectivity index (χ2v) is 8.22. The number of hydrogen-bond donors (Lipinski definition) is 0. The van der Waals surface area contributed by atoms with Crippen molar-refractivity contribution < 1.29 is 17.2 Å². The van der Waals surface area contributed by atoms with Crippen molar-refractivity contribution in [2.24, 2.45) is 5.41 Å². The minimum Gasteiger partial charge on any atom is -0.207 e. The maximum atomic E-state index is 13.9. The molecule has 3 nitrogen and oxygen atoms in total. The van der Waals surface area contributed by atoms with E-state index in [-0.39, 0.29) is 9.89 Å². The molecule has 118 valence electrons. The van der Waals surface area contributed by atoms with Crippen LogP contribution in [0.15, 0.2) is 21.5 Å². The van der Waals surface area contributed by atoms with Crippen LogP contribution in [0.4, 0.5) is 8.78 Å². The van der Waals surface area contributed by atoms with Gasteiger partial charge in [0.15, 0.2) is 0 Å². The maximum absolute atomic E-state index is 13.9. The Morgan fingerprint density at radius 2 is 1.90 bits per heavy atom. The van der Waals surface area contributed by atoms with Gasteiger partial charge in [0.2, 0.25) is 10.0 Å². The molecular weight excluding hydrogens is 364 g/mol. The van der Waals surface area contributed by atoms with Gasteiger partial charge >= 0.3 is 0 Å². The normalized spacial score (nSPS) is 19.1. The molecule has 2 rings (SSSR count). The summed E-state index contributed by atoms with van der Waals surface area (Å²) >= 11 is 2.96. The van der Waals surface area contributed by atoms with Crippen LogP contribution >= 0.6 is 15.9 Å². The Balaban J connectivity index is 2.41. The summed E-state index contributed by atoms with van der Waals surface area (Å²) in [5, 5.41) is 0. The van der Waals surface area contributed by atoms with Gasteiger partial charge in [0.25, 0.3) is 0 Å². The summed E-state index contributed by atoms with van der Waals surface area (Å²) < 4.78 is 53.6. The van der Waals surface area contributed by atoms with Crippen molar-refractivity contribution in [2.45, 2.75) is 38.0 Å². The Morgan fingerprint density at radius 3 is 2.38 bits per heavy atom. The van der Waals surface area contributed by atoms with Crippen molar-refractivity contribution in [1.29, 1.82) is 0 Å². The lowest BCUT2D eigenvalue weighted by atomic mass is 9.82. The maximum Gasteiger partial charge on any atom is 0.247 e. The Labute approximate surface area is 132 Å². The highest BCUT2D eigenvalue weighted by Gasteiger charge is 2.42. The number of halogens is 3. The summed E-state index contributed by atoms with van der Waals surface area (Å²) in [5.41, 5.74) is -0.0456. The highest BCUT2D eigenvalue weighted by Crippen LogP contribution is 2.40. The number of benzene rings is 1. The Bertz CT molecular complexity index is 621. The van der Waals surface area contributed by atoms with Crippen LogP contribution in [0.5, 0.6) is 0 Å². The number of nitrogens with zero attached hydrogens (tertiary/aromatic N) is 1. The van der Waals surface area contributed by atoms with Gasteiger partial charge < -0.3 is 0 Å². The van der Waals surface area contributed by atoms with Crippen LogP contribution in [0.2, 0.25) is 0 Å². The van der Waals surface area contributed by atoms with Crippen molar-refractivity contribution >= 4 is 26.0 Å². The number of sulfonamides is 1. The zero-order valence-corrected chi connectivity index (χ0v) is 14.4. The average Bonchev–Trinajstić information content (AvgIpc) is 2.83. The standard InChI is InChI=1S/C14H18BrF2NO2S/c1-3-14(4-2)5-6-18(9-14)21(19,20)13-11(15)7-10(16)8-12(13)17/h7-8H,3-6,9H2,1-2H3. The first kappa shape index (κ1) is 16.8. The molecular formula is C14H18BrF2NO2S. The van der Waals surface area contributed by atoms with Crippen molar-refractivity contribution in [1.82, 2.24) is 4.31 Å². The summed E-state index contributed by atoms with van der Waals surface area (Å²) in [6.45, 7) is 4.82. The van der Waals surface area contributed by atoms with Gasteiger partial charge in [0.1, 0.15) is 16.5 Å². The van der Waals surface area contributed by atoms with Crippen LogP contribution < -0.4 is 0 Å². The lowest BCUT2D eigenvalue weighted by Crippen LogP contribution is -2.32. The van der Waals surface area contributed by atoms with Gasteiger partial charge in [-0.3, -0.25) is 0 Å². The van der Waals surface area contributed by atoms with Crippen LogP contribution in [-0.2, 0) is 10.0 Å². The minimum atomic E-state index is -3.96. The summed E-state index contributed by atoms with van der Waals surface area (Å²) in [6.07, 6.45) is 2.52. The SMILES string of the molecule is CCC1(CC)CCN(S(=O)(=O)c2c(F)cc(F)cc2Br)C1. The lowest BCUT2D eigenvalue weighted by molar-refractivity contribution is 0.279. The summed E-state index contributed by atoms with van der Waals surface area (Å²) in [4.78, 5) is -0.480. The van der Waals surface area contributed by atoms with E-state index in [0.29, 0.717) is 19.2 Å². The van der Waals surface area contributed by atoms with Crippen molar-refractivity contribution in [3.8, 4) is 0 Å². The molecule has 0 aromatic heterocycles. The topological polar surface area (TPSA) is 37.4 Å². The zero-order chi connectivity index (χ0) is 15.8. The highest BCUT2D eigenvalue weighted by molar-refractivity contribution is 9.10. The smallest absolute Gasteiger partial charge is 0.207 e. The van der Waals surface area contributed by atoms with Gasteiger partial charge in [-0.15, -0.1) is 0 Å². The second kappa shape index (κ2) is 5.93. The van der Waals surface area contributed by atoms with Gasteiger partial charge in [-0.1, -0.05) is 13.8 Å². The third kappa shape index (κ3) is 3.00. The molecule has 7 heteroatoms. The molecule has 21 heavy (non-hydrogen) atoms.